The predicted molar refractivity (Wildman–Crippen MR) is 60.5 cm³/mol. The Labute approximate surface area is 75.7 Å². The molecule has 0 aliphatic carbocycles. The summed E-state index contributed by atoms with van der Waals surface area (Å²) in [4.78, 5) is 2.53. The van der Waals surface area contributed by atoms with Crippen molar-refractivity contribution in [2.75, 3.05) is 32.0 Å². The van der Waals surface area contributed by atoms with Gasteiger partial charge in [-0.2, -0.15) is 0 Å². The van der Waals surface area contributed by atoms with Gasteiger partial charge in [0.25, 0.3) is 0 Å². The highest BCUT2D eigenvalue weighted by Crippen LogP contribution is 1.97. The molecule has 0 saturated carbocycles. The van der Waals surface area contributed by atoms with Crippen LogP contribution < -0.4 is 0 Å². The standard InChI is InChI=1S/C8H21NP2/c1-2-3-4-9(5-7-10)6-8-11/h2-8,10-11H2,1H3. The molecule has 2 unspecified atom stereocenters. The first kappa shape index (κ1) is 11.8. The van der Waals surface area contributed by atoms with Crippen LogP contribution in [0.25, 0.3) is 0 Å². The molecule has 0 saturated heterocycles. The van der Waals surface area contributed by atoms with Gasteiger partial charge < -0.3 is 4.90 Å². The van der Waals surface area contributed by atoms with Crippen molar-refractivity contribution in [1.82, 2.24) is 4.90 Å². The summed E-state index contributed by atoms with van der Waals surface area (Å²) in [5.41, 5.74) is 0. The Morgan fingerprint density at radius 1 is 1.00 bits per heavy atom. The fourth-order valence-corrected chi connectivity index (χ4v) is 1.81. The monoisotopic (exact) mass is 193 g/mol. The van der Waals surface area contributed by atoms with Crippen molar-refractivity contribution in [2.45, 2.75) is 19.8 Å². The topological polar surface area (TPSA) is 3.24 Å². The Hall–Kier alpha value is 0.820. The Bertz CT molecular complexity index is 72.5. The maximum absolute atomic E-state index is 2.79. The summed E-state index contributed by atoms with van der Waals surface area (Å²) < 4.78 is 0. The number of rotatable bonds is 7. The van der Waals surface area contributed by atoms with Crippen LogP contribution in [0.2, 0.25) is 0 Å². The van der Waals surface area contributed by atoms with Crippen molar-refractivity contribution in [1.29, 1.82) is 0 Å². The first-order chi connectivity index (χ1) is 5.35. The minimum absolute atomic E-state index is 1.20. The Kier molecular flexibility index (Phi) is 9.58. The molecule has 1 nitrogen and oxygen atoms in total. The molecule has 11 heavy (non-hydrogen) atoms. The van der Waals surface area contributed by atoms with Crippen molar-refractivity contribution in [3.05, 3.63) is 0 Å². The summed E-state index contributed by atoms with van der Waals surface area (Å²) in [7, 11) is 5.58. The summed E-state index contributed by atoms with van der Waals surface area (Å²) in [5.74, 6) is 0. The average molecular weight is 193 g/mol. The van der Waals surface area contributed by atoms with Gasteiger partial charge in [-0.05, 0) is 25.3 Å². The van der Waals surface area contributed by atoms with Crippen molar-refractivity contribution in [3.63, 3.8) is 0 Å². The lowest BCUT2D eigenvalue weighted by Gasteiger charge is -2.19. The van der Waals surface area contributed by atoms with E-state index in [0.29, 0.717) is 0 Å². The summed E-state index contributed by atoms with van der Waals surface area (Å²) in [6.07, 6.45) is 5.06. The van der Waals surface area contributed by atoms with Crippen LogP contribution >= 0.6 is 18.5 Å². The van der Waals surface area contributed by atoms with E-state index in [4.69, 9.17) is 0 Å². The predicted octanol–water partition coefficient (Wildman–Crippen LogP) is 1.84. The van der Waals surface area contributed by atoms with Crippen molar-refractivity contribution >= 4 is 18.5 Å². The van der Waals surface area contributed by atoms with Crippen LogP contribution in [-0.2, 0) is 0 Å². The van der Waals surface area contributed by atoms with E-state index in [0.717, 1.165) is 0 Å². The lowest BCUT2D eigenvalue weighted by atomic mass is 10.3. The molecule has 0 aromatic heterocycles. The molecule has 0 fully saturated rings. The highest BCUT2D eigenvalue weighted by molar-refractivity contribution is 7.16. The van der Waals surface area contributed by atoms with Crippen molar-refractivity contribution < 1.29 is 0 Å². The smallest absolute Gasteiger partial charge is 0.00161 e. The summed E-state index contributed by atoms with van der Waals surface area (Å²) >= 11 is 0. The molecule has 0 aromatic carbocycles. The molecule has 2 atom stereocenters. The minimum atomic E-state index is 1.20. The highest BCUT2D eigenvalue weighted by atomic mass is 31.0. The van der Waals surface area contributed by atoms with E-state index < -0.39 is 0 Å². The number of hydrogen-bond donors (Lipinski definition) is 0. The average Bonchev–Trinajstić information content (AvgIpc) is 2.01. The highest BCUT2D eigenvalue weighted by Gasteiger charge is 1.99. The first-order valence-electron chi connectivity index (χ1n) is 4.47. The molecule has 0 spiro atoms. The van der Waals surface area contributed by atoms with Gasteiger partial charge in [-0.25, -0.2) is 0 Å². The lowest BCUT2D eigenvalue weighted by molar-refractivity contribution is 0.303. The van der Waals surface area contributed by atoms with Gasteiger partial charge in [0, 0.05) is 13.1 Å². The van der Waals surface area contributed by atoms with Crippen LogP contribution in [0.15, 0.2) is 0 Å². The third-order valence-electron chi connectivity index (χ3n) is 1.72. The Balaban J connectivity index is 3.34. The van der Waals surface area contributed by atoms with Crippen LogP contribution in [-0.4, -0.2) is 36.9 Å². The maximum atomic E-state index is 2.79. The molecule has 68 valence electrons. The maximum Gasteiger partial charge on any atom is 0.00161 e. The molecule has 0 rings (SSSR count). The fraction of sp³-hybridized carbons (Fsp3) is 1.00. The summed E-state index contributed by atoms with van der Waals surface area (Å²) in [5, 5.41) is 0. The lowest BCUT2D eigenvalue weighted by Crippen LogP contribution is -2.28. The zero-order valence-electron chi connectivity index (χ0n) is 7.55. The van der Waals surface area contributed by atoms with Gasteiger partial charge in [0.1, 0.15) is 0 Å². The van der Waals surface area contributed by atoms with E-state index in [2.05, 4.69) is 30.3 Å². The quantitative estimate of drug-likeness (QED) is 0.558. The van der Waals surface area contributed by atoms with Crippen LogP contribution in [0.1, 0.15) is 19.8 Å². The molecule has 0 radical (unpaired) electrons. The normalized spacial score (nSPS) is 10.9. The zero-order valence-corrected chi connectivity index (χ0v) is 9.86. The molecular weight excluding hydrogens is 172 g/mol. The van der Waals surface area contributed by atoms with Crippen LogP contribution in [0.5, 0.6) is 0 Å². The third kappa shape index (κ3) is 7.19. The first-order valence-corrected chi connectivity index (χ1v) is 6.11. The van der Waals surface area contributed by atoms with Gasteiger partial charge in [-0.1, -0.05) is 13.3 Å². The third-order valence-corrected chi connectivity index (χ3v) is 2.23. The molecule has 0 aliphatic heterocycles. The molecular formula is C8H21NP2. The number of nitrogens with zero attached hydrogens (tertiary/aromatic N) is 1. The molecule has 0 heterocycles. The van der Waals surface area contributed by atoms with E-state index in [1.165, 1.54) is 44.8 Å². The molecule has 0 aliphatic rings. The molecule has 0 amide bonds. The van der Waals surface area contributed by atoms with Crippen molar-refractivity contribution in [3.8, 4) is 0 Å². The summed E-state index contributed by atoms with van der Waals surface area (Å²) in [6.45, 7) is 6.00. The number of hydrogen-bond acceptors (Lipinski definition) is 1. The second-order valence-electron chi connectivity index (χ2n) is 2.77. The molecule has 0 bridgehead atoms. The van der Waals surface area contributed by atoms with Gasteiger partial charge in [0.05, 0.1) is 0 Å². The van der Waals surface area contributed by atoms with Crippen LogP contribution in [0.3, 0.4) is 0 Å². The van der Waals surface area contributed by atoms with Gasteiger partial charge >= 0.3 is 0 Å². The Morgan fingerprint density at radius 2 is 1.55 bits per heavy atom. The molecule has 0 N–H and O–H groups in total. The Morgan fingerprint density at radius 3 is 1.91 bits per heavy atom. The van der Waals surface area contributed by atoms with Crippen LogP contribution in [0.4, 0.5) is 0 Å². The second-order valence-corrected chi connectivity index (χ2v) is 3.93. The van der Waals surface area contributed by atoms with E-state index in [9.17, 15) is 0 Å². The fourth-order valence-electron chi connectivity index (χ4n) is 1.08. The van der Waals surface area contributed by atoms with Gasteiger partial charge in [0.2, 0.25) is 0 Å². The van der Waals surface area contributed by atoms with E-state index in [-0.39, 0.29) is 0 Å². The van der Waals surface area contributed by atoms with Crippen molar-refractivity contribution in [2.24, 2.45) is 0 Å². The SMILES string of the molecule is CCCCN(CCP)CCP. The molecule has 0 aromatic rings. The molecule has 3 heteroatoms. The zero-order chi connectivity index (χ0) is 8.53. The minimum Gasteiger partial charge on any atom is -0.303 e. The van der Waals surface area contributed by atoms with E-state index in [1.807, 2.05) is 0 Å². The number of unbranched alkanes of at least 4 members (excludes halogenated alkanes) is 1. The largest absolute Gasteiger partial charge is 0.303 e. The second kappa shape index (κ2) is 8.91. The van der Waals surface area contributed by atoms with Crippen LogP contribution in [0, 0.1) is 0 Å². The van der Waals surface area contributed by atoms with Gasteiger partial charge in [-0.15, -0.1) is 18.5 Å². The van der Waals surface area contributed by atoms with Gasteiger partial charge in [-0.3, -0.25) is 0 Å². The van der Waals surface area contributed by atoms with Gasteiger partial charge in [0.15, 0.2) is 0 Å². The summed E-state index contributed by atoms with van der Waals surface area (Å²) in [6, 6.07) is 0. The van der Waals surface area contributed by atoms with E-state index >= 15 is 0 Å². The van der Waals surface area contributed by atoms with E-state index in [1.54, 1.807) is 0 Å².